The van der Waals surface area contributed by atoms with Crippen molar-refractivity contribution in [3.63, 3.8) is 0 Å². The highest BCUT2D eigenvalue weighted by Gasteiger charge is 2.22. The number of imide groups is 1. The van der Waals surface area contributed by atoms with Gasteiger partial charge in [-0.15, -0.1) is 0 Å². The van der Waals surface area contributed by atoms with Gasteiger partial charge in [-0.05, 0) is 36.9 Å². The number of benzene rings is 1. The van der Waals surface area contributed by atoms with Gasteiger partial charge < -0.3 is 11.1 Å². The summed E-state index contributed by atoms with van der Waals surface area (Å²) < 4.78 is 0. The predicted octanol–water partition coefficient (Wildman–Crippen LogP) is 1.47. The van der Waals surface area contributed by atoms with E-state index in [-0.39, 0.29) is 12.5 Å². The molecule has 0 aromatic heterocycles. The average molecular weight is 305 g/mol. The second kappa shape index (κ2) is 8.94. The maximum Gasteiger partial charge on any atom is 0.318 e. The van der Waals surface area contributed by atoms with Crippen LogP contribution in [0.2, 0.25) is 0 Å². The summed E-state index contributed by atoms with van der Waals surface area (Å²) in [7, 11) is 0. The average Bonchev–Trinajstić information content (AvgIpc) is 2.55. The van der Waals surface area contributed by atoms with E-state index in [1.807, 2.05) is 19.1 Å². The Kier molecular flexibility index (Phi) is 7.25. The first-order chi connectivity index (χ1) is 10.5. The van der Waals surface area contributed by atoms with E-state index in [2.05, 4.69) is 12.2 Å². The maximum atomic E-state index is 12.0. The molecule has 0 heterocycles. The molecule has 0 aliphatic rings. The Hall–Kier alpha value is -2.21. The molecule has 1 atom stereocenters. The zero-order valence-corrected chi connectivity index (χ0v) is 13.0. The first-order valence-corrected chi connectivity index (χ1v) is 7.41. The Morgan fingerprint density at radius 3 is 2.64 bits per heavy atom. The van der Waals surface area contributed by atoms with Gasteiger partial charge in [-0.2, -0.15) is 0 Å². The molecule has 120 valence electrons. The van der Waals surface area contributed by atoms with Crippen LogP contribution in [0.3, 0.4) is 0 Å². The molecule has 0 fully saturated rings. The molecule has 1 rings (SSSR count). The summed E-state index contributed by atoms with van der Waals surface area (Å²) in [4.78, 5) is 35.8. The minimum atomic E-state index is -0.873. The Bertz CT molecular complexity index is 531. The highest BCUT2D eigenvalue weighted by molar-refractivity contribution is 6.41. The smallest absolute Gasteiger partial charge is 0.318 e. The fraction of sp³-hybridized carbons (Fsp3) is 0.438. The number of amides is 3. The first kappa shape index (κ1) is 17.8. The number of hydrogen-bond acceptors (Lipinski definition) is 4. The van der Waals surface area contributed by atoms with E-state index in [0.717, 1.165) is 16.9 Å². The number of nitrogens with two attached hydrogens (primary N) is 1. The quantitative estimate of drug-likeness (QED) is 0.589. The van der Waals surface area contributed by atoms with Crippen molar-refractivity contribution in [1.29, 1.82) is 0 Å². The molecule has 3 amide bonds. The molecule has 0 bridgehead atoms. The van der Waals surface area contributed by atoms with Gasteiger partial charge in [0.15, 0.2) is 0 Å². The summed E-state index contributed by atoms with van der Waals surface area (Å²) >= 11 is 0. The van der Waals surface area contributed by atoms with Crippen molar-refractivity contribution in [2.75, 3.05) is 18.4 Å². The Labute approximate surface area is 130 Å². The molecule has 22 heavy (non-hydrogen) atoms. The van der Waals surface area contributed by atoms with Gasteiger partial charge in [0.1, 0.15) is 0 Å². The Morgan fingerprint density at radius 2 is 2.05 bits per heavy atom. The van der Waals surface area contributed by atoms with E-state index in [1.165, 1.54) is 0 Å². The summed E-state index contributed by atoms with van der Waals surface area (Å²) in [6.45, 7) is 4.58. The first-order valence-electron chi connectivity index (χ1n) is 7.41. The van der Waals surface area contributed by atoms with Crippen LogP contribution in [-0.4, -0.2) is 36.2 Å². The molecule has 1 aromatic rings. The molecule has 3 N–H and O–H groups in total. The topological polar surface area (TPSA) is 92.5 Å². The van der Waals surface area contributed by atoms with Crippen molar-refractivity contribution in [3.05, 3.63) is 29.8 Å². The molecule has 0 saturated carbocycles. The van der Waals surface area contributed by atoms with Crippen LogP contribution in [-0.2, 0) is 14.4 Å². The molecule has 0 radical (unpaired) electrons. The number of anilines is 1. The SMILES string of the molecule is CCC(C)c1ccccc1NC(=O)C(=O)N(C=O)CCCN. The summed E-state index contributed by atoms with van der Waals surface area (Å²) in [5.74, 6) is -1.44. The maximum absolute atomic E-state index is 12.0. The number of rotatable bonds is 7. The van der Waals surface area contributed by atoms with Crippen LogP contribution in [0.5, 0.6) is 0 Å². The van der Waals surface area contributed by atoms with Crippen LogP contribution in [0.15, 0.2) is 24.3 Å². The van der Waals surface area contributed by atoms with Gasteiger partial charge >= 0.3 is 11.8 Å². The van der Waals surface area contributed by atoms with Gasteiger partial charge in [0.05, 0.1) is 0 Å². The van der Waals surface area contributed by atoms with Crippen molar-refractivity contribution < 1.29 is 14.4 Å². The van der Waals surface area contributed by atoms with Crippen molar-refractivity contribution >= 4 is 23.9 Å². The summed E-state index contributed by atoms with van der Waals surface area (Å²) in [5, 5.41) is 2.60. The van der Waals surface area contributed by atoms with Crippen LogP contribution in [0.1, 0.15) is 38.2 Å². The number of carbonyl (C=O) groups is 3. The zero-order chi connectivity index (χ0) is 16.5. The molecule has 0 spiro atoms. The molecule has 0 aliphatic carbocycles. The fourth-order valence-corrected chi connectivity index (χ4v) is 2.03. The van der Waals surface area contributed by atoms with Crippen LogP contribution in [0.25, 0.3) is 0 Å². The number of nitrogens with zero attached hydrogens (tertiary/aromatic N) is 1. The molecule has 1 aromatic carbocycles. The van der Waals surface area contributed by atoms with E-state index < -0.39 is 11.8 Å². The molecule has 1 unspecified atom stereocenters. The molecule has 6 nitrogen and oxygen atoms in total. The highest BCUT2D eigenvalue weighted by Crippen LogP contribution is 2.26. The third-order valence-electron chi connectivity index (χ3n) is 3.54. The zero-order valence-electron chi connectivity index (χ0n) is 13.0. The van der Waals surface area contributed by atoms with E-state index >= 15 is 0 Å². The van der Waals surface area contributed by atoms with Crippen molar-refractivity contribution in [2.45, 2.75) is 32.6 Å². The summed E-state index contributed by atoms with van der Waals surface area (Å²) in [5.41, 5.74) is 6.91. The number of nitrogens with one attached hydrogen (secondary N) is 1. The van der Waals surface area contributed by atoms with Crippen LogP contribution < -0.4 is 11.1 Å². The molecule has 0 saturated heterocycles. The van der Waals surface area contributed by atoms with E-state index in [9.17, 15) is 14.4 Å². The fourth-order valence-electron chi connectivity index (χ4n) is 2.03. The second-order valence-electron chi connectivity index (χ2n) is 5.10. The van der Waals surface area contributed by atoms with Gasteiger partial charge in [0, 0.05) is 12.2 Å². The molecule has 6 heteroatoms. The third kappa shape index (κ3) is 4.66. The van der Waals surface area contributed by atoms with Crippen LogP contribution in [0.4, 0.5) is 5.69 Å². The van der Waals surface area contributed by atoms with Crippen molar-refractivity contribution in [3.8, 4) is 0 Å². The normalized spacial score (nSPS) is 11.6. The number of carbonyl (C=O) groups excluding carboxylic acids is 3. The van der Waals surface area contributed by atoms with Gasteiger partial charge in [-0.1, -0.05) is 32.0 Å². The lowest BCUT2D eigenvalue weighted by molar-refractivity contribution is -0.146. The van der Waals surface area contributed by atoms with E-state index in [4.69, 9.17) is 5.73 Å². The van der Waals surface area contributed by atoms with Crippen LogP contribution >= 0.6 is 0 Å². The lowest BCUT2D eigenvalue weighted by atomic mass is 9.97. The number of para-hydroxylation sites is 1. The number of hydrogen-bond donors (Lipinski definition) is 2. The van der Waals surface area contributed by atoms with Gasteiger partial charge in [0.25, 0.3) is 0 Å². The lowest BCUT2D eigenvalue weighted by Gasteiger charge is -2.17. The minimum Gasteiger partial charge on any atom is -0.330 e. The third-order valence-corrected chi connectivity index (χ3v) is 3.54. The van der Waals surface area contributed by atoms with Gasteiger partial charge in [-0.3, -0.25) is 19.3 Å². The Morgan fingerprint density at radius 1 is 1.36 bits per heavy atom. The molecular formula is C16H23N3O3. The predicted molar refractivity (Wildman–Crippen MR) is 85.2 cm³/mol. The van der Waals surface area contributed by atoms with E-state index in [0.29, 0.717) is 25.1 Å². The van der Waals surface area contributed by atoms with Gasteiger partial charge in [-0.25, -0.2) is 0 Å². The minimum absolute atomic E-state index is 0.138. The van der Waals surface area contributed by atoms with Gasteiger partial charge in [0.2, 0.25) is 6.41 Å². The van der Waals surface area contributed by atoms with Crippen molar-refractivity contribution in [1.82, 2.24) is 4.90 Å². The monoisotopic (exact) mass is 305 g/mol. The lowest BCUT2D eigenvalue weighted by Crippen LogP contribution is -2.40. The largest absolute Gasteiger partial charge is 0.330 e. The van der Waals surface area contributed by atoms with E-state index in [1.54, 1.807) is 12.1 Å². The van der Waals surface area contributed by atoms with Crippen LogP contribution in [0, 0.1) is 0 Å². The Balaban J connectivity index is 2.84. The molecule has 0 aliphatic heterocycles. The molecular weight excluding hydrogens is 282 g/mol. The summed E-state index contributed by atoms with van der Waals surface area (Å²) in [6, 6.07) is 7.34. The summed E-state index contributed by atoms with van der Waals surface area (Å²) in [6.07, 6.45) is 1.73. The second-order valence-corrected chi connectivity index (χ2v) is 5.10. The van der Waals surface area contributed by atoms with Crippen molar-refractivity contribution in [2.24, 2.45) is 5.73 Å². The standard InChI is InChI=1S/C16H23N3O3/c1-3-12(2)13-7-4-5-8-14(13)18-15(21)16(22)19(11-20)10-6-9-17/h4-5,7-8,11-12H,3,6,9-10,17H2,1-2H3,(H,18,21). The highest BCUT2D eigenvalue weighted by atomic mass is 16.2.